The van der Waals surface area contributed by atoms with Crippen LogP contribution in [0.2, 0.25) is 0 Å². The monoisotopic (exact) mass is 326 g/mol. The van der Waals surface area contributed by atoms with E-state index in [0.29, 0.717) is 5.58 Å². The minimum Gasteiger partial charge on any atom is -0.423 e. The van der Waals surface area contributed by atoms with E-state index in [-0.39, 0.29) is 11.9 Å². The second kappa shape index (κ2) is 9.13. The van der Waals surface area contributed by atoms with Crippen LogP contribution in [0.3, 0.4) is 0 Å². The van der Waals surface area contributed by atoms with Crippen LogP contribution in [-0.2, 0) is 4.79 Å². The van der Waals surface area contributed by atoms with E-state index in [0.717, 1.165) is 5.39 Å². The van der Waals surface area contributed by atoms with E-state index in [4.69, 9.17) is 29.9 Å². The Labute approximate surface area is 130 Å². The first-order valence-electron chi connectivity index (χ1n) is 6.68. The summed E-state index contributed by atoms with van der Waals surface area (Å²) in [5.74, 6) is 0. The number of fused-ring (bicyclic) bond motifs is 1. The van der Waals surface area contributed by atoms with Crippen molar-refractivity contribution in [1.82, 2.24) is 0 Å². The largest absolute Gasteiger partial charge is 0.423 e. The van der Waals surface area contributed by atoms with Crippen molar-refractivity contribution in [3.05, 3.63) is 46.8 Å². The smallest absolute Gasteiger partial charge is 0.336 e. The van der Waals surface area contributed by atoms with Crippen LogP contribution >= 0.6 is 0 Å². The van der Waals surface area contributed by atoms with Crippen molar-refractivity contribution >= 4 is 17.3 Å². The van der Waals surface area contributed by atoms with Crippen molar-refractivity contribution in [2.45, 2.75) is 24.4 Å². The lowest BCUT2D eigenvalue weighted by Crippen LogP contribution is -2.46. The van der Waals surface area contributed by atoms with E-state index in [1.165, 1.54) is 6.07 Å². The summed E-state index contributed by atoms with van der Waals surface area (Å²) in [6, 6.07) is 10.6. The van der Waals surface area contributed by atoms with Crippen molar-refractivity contribution in [1.29, 1.82) is 0 Å². The molecule has 0 unspecified atom stereocenters. The van der Waals surface area contributed by atoms with Gasteiger partial charge in [0.25, 0.3) is 0 Å². The van der Waals surface area contributed by atoms with Crippen LogP contribution in [0.4, 0.5) is 0 Å². The molecule has 0 amide bonds. The van der Waals surface area contributed by atoms with Gasteiger partial charge in [-0.25, -0.2) is 4.79 Å². The Morgan fingerprint density at radius 2 is 1.65 bits per heavy atom. The molecule has 8 heteroatoms. The normalized spacial score (nSPS) is 15.9. The summed E-state index contributed by atoms with van der Waals surface area (Å²) in [4.78, 5) is 20.6. The van der Waals surface area contributed by atoms with E-state index in [9.17, 15) is 9.59 Å². The van der Waals surface area contributed by atoms with Gasteiger partial charge in [0.2, 0.25) is 0 Å². The summed E-state index contributed by atoms with van der Waals surface area (Å²) in [7, 11) is 0. The first-order valence-corrected chi connectivity index (χ1v) is 6.68. The average molecular weight is 326 g/mol. The molecule has 0 saturated heterocycles. The molecule has 0 aliphatic rings. The third-order valence-electron chi connectivity index (χ3n) is 2.95. The summed E-state index contributed by atoms with van der Waals surface area (Å²) in [5.41, 5.74) is 0.337. The van der Waals surface area contributed by atoms with Gasteiger partial charge in [-0.15, -0.1) is 0 Å². The first-order chi connectivity index (χ1) is 10.9. The molecule has 1 heterocycles. The Balaban J connectivity index is 0.000000230. The predicted octanol–water partition coefficient (Wildman–Crippen LogP) is -1.59. The molecule has 0 aliphatic heterocycles. The van der Waals surface area contributed by atoms with E-state index in [1.54, 1.807) is 12.1 Å². The number of carbonyl (C=O) groups excluding carboxylic acids is 1. The topological polar surface area (TPSA) is 148 Å². The third kappa shape index (κ3) is 5.55. The molecule has 4 atom stereocenters. The molecular weight excluding hydrogens is 308 g/mol. The van der Waals surface area contributed by atoms with Crippen LogP contribution in [0.1, 0.15) is 0 Å². The zero-order valence-corrected chi connectivity index (χ0v) is 12.0. The molecule has 5 N–H and O–H groups in total. The molecule has 0 bridgehead atoms. The van der Waals surface area contributed by atoms with Crippen LogP contribution in [0.25, 0.3) is 11.0 Å². The molecule has 2 rings (SSSR count). The van der Waals surface area contributed by atoms with Gasteiger partial charge in [0.05, 0.1) is 6.61 Å². The summed E-state index contributed by atoms with van der Waals surface area (Å²) in [6.45, 7) is -0.760. The van der Waals surface area contributed by atoms with Gasteiger partial charge in [-0.05, 0) is 12.1 Å². The van der Waals surface area contributed by atoms with Gasteiger partial charge in [-0.2, -0.15) is 0 Å². The van der Waals surface area contributed by atoms with E-state index in [2.05, 4.69) is 0 Å². The molecule has 0 radical (unpaired) electrons. The molecule has 23 heavy (non-hydrogen) atoms. The van der Waals surface area contributed by atoms with Crippen LogP contribution in [0, 0.1) is 0 Å². The number of benzene rings is 1. The van der Waals surface area contributed by atoms with Crippen molar-refractivity contribution < 1.29 is 34.7 Å². The minimum atomic E-state index is -1.79. The lowest BCUT2D eigenvalue weighted by molar-refractivity contribution is -0.136. The Kier molecular flexibility index (Phi) is 7.52. The van der Waals surface area contributed by atoms with Gasteiger partial charge in [-0.1, -0.05) is 18.2 Å². The zero-order chi connectivity index (χ0) is 17.4. The molecule has 8 nitrogen and oxygen atoms in total. The predicted molar refractivity (Wildman–Crippen MR) is 79.7 cm³/mol. The molecule has 2 aromatic rings. The van der Waals surface area contributed by atoms with Gasteiger partial charge < -0.3 is 34.7 Å². The highest BCUT2D eigenvalue weighted by atomic mass is 16.4. The summed E-state index contributed by atoms with van der Waals surface area (Å²) in [6.07, 6.45) is -6.84. The fourth-order valence-electron chi connectivity index (χ4n) is 1.63. The van der Waals surface area contributed by atoms with Gasteiger partial charge in [0.15, 0.2) is 6.29 Å². The summed E-state index contributed by atoms with van der Waals surface area (Å²) in [5, 5.41) is 44.5. The molecule has 0 fully saturated rings. The number of aldehydes is 1. The Hall–Kier alpha value is -2.10. The lowest BCUT2D eigenvalue weighted by Gasteiger charge is -2.22. The maximum absolute atomic E-state index is 10.7. The highest BCUT2D eigenvalue weighted by Gasteiger charge is 2.29. The first kappa shape index (κ1) is 18.9. The lowest BCUT2D eigenvalue weighted by atomic mass is 10.0. The molecular formula is C15H18O8. The Bertz CT molecular complexity index is 668. The minimum absolute atomic E-state index is 0.0258. The van der Waals surface area contributed by atoms with Crippen molar-refractivity contribution in [2.24, 2.45) is 0 Å². The molecule has 1 aromatic carbocycles. The molecule has 0 saturated carbocycles. The Morgan fingerprint density at radius 1 is 1.00 bits per heavy atom. The number of para-hydroxylation sites is 1. The van der Waals surface area contributed by atoms with Gasteiger partial charge in [-0.3, -0.25) is 0 Å². The summed E-state index contributed by atoms with van der Waals surface area (Å²) < 4.78 is 4.91. The molecule has 0 aliphatic carbocycles. The highest BCUT2D eigenvalue weighted by molar-refractivity contribution is 5.75. The Morgan fingerprint density at radius 3 is 2.26 bits per heavy atom. The quantitative estimate of drug-likeness (QED) is 0.326. The van der Waals surface area contributed by atoms with Crippen LogP contribution in [0.5, 0.6) is 0 Å². The van der Waals surface area contributed by atoms with Crippen LogP contribution < -0.4 is 5.63 Å². The number of hydrogen-bond donors (Lipinski definition) is 5. The molecule has 126 valence electrons. The van der Waals surface area contributed by atoms with Gasteiger partial charge >= 0.3 is 5.63 Å². The van der Waals surface area contributed by atoms with Crippen molar-refractivity contribution in [2.75, 3.05) is 6.61 Å². The fourth-order valence-corrected chi connectivity index (χ4v) is 1.63. The van der Waals surface area contributed by atoms with Gasteiger partial charge in [0.1, 0.15) is 30.0 Å². The third-order valence-corrected chi connectivity index (χ3v) is 2.95. The van der Waals surface area contributed by atoms with Crippen molar-refractivity contribution in [3.63, 3.8) is 0 Å². The average Bonchev–Trinajstić information content (AvgIpc) is 2.59. The second-order valence-corrected chi connectivity index (χ2v) is 4.65. The van der Waals surface area contributed by atoms with E-state index in [1.807, 2.05) is 18.2 Å². The SMILES string of the molecule is O=C[C@H](O)[C@@H](O)[C@H](O)[C@H](O)CO.O=c1ccc2ccccc2o1. The molecule has 0 spiro atoms. The molecule has 1 aromatic heterocycles. The summed E-state index contributed by atoms with van der Waals surface area (Å²) >= 11 is 0. The van der Waals surface area contributed by atoms with Crippen LogP contribution in [0.15, 0.2) is 45.6 Å². The maximum atomic E-state index is 10.7. The van der Waals surface area contributed by atoms with Gasteiger partial charge in [0, 0.05) is 11.5 Å². The number of carbonyl (C=O) groups is 1. The number of hydrogen-bond acceptors (Lipinski definition) is 8. The van der Waals surface area contributed by atoms with Crippen molar-refractivity contribution in [3.8, 4) is 0 Å². The standard InChI is InChI=1S/C9H6O2.C6H12O6/c10-9-6-5-7-3-1-2-4-8(7)11-9;7-1-3(9)5(11)6(12)4(10)2-8/h1-6H;1,3-6,8-12H,2H2/t;3-,4+,5+,6+/m.0/s1. The van der Waals surface area contributed by atoms with Crippen LogP contribution in [-0.4, -0.2) is 62.8 Å². The zero-order valence-electron chi connectivity index (χ0n) is 12.0. The second-order valence-electron chi connectivity index (χ2n) is 4.65. The maximum Gasteiger partial charge on any atom is 0.336 e. The number of aliphatic hydroxyl groups is 5. The highest BCUT2D eigenvalue weighted by Crippen LogP contribution is 2.09. The number of aliphatic hydroxyl groups excluding tert-OH is 5. The van der Waals surface area contributed by atoms with E-state index >= 15 is 0 Å². The number of rotatable bonds is 5. The van der Waals surface area contributed by atoms with E-state index < -0.39 is 31.0 Å². The fraction of sp³-hybridized carbons (Fsp3) is 0.333.